The Labute approximate surface area is 174 Å². The van der Waals surface area contributed by atoms with E-state index in [-0.39, 0.29) is 12.3 Å². The van der Waals surface area contributed by atoms with Gasteiger partial charge in [0.25, 0.3) is 0 Å². The van der Waals surface area contributed by atoms with E-state index in [1.54, 1.807) is 18.3 Å². The third-order valence-electron chi connectivity index (χ3n) is 4.20. The zero-order valence-electron chi connectivity index (χ0n) is 16.9. The number of guanidine groups is 1. The van der Waals surface area contributed by atoms with Crippen molar-refractivity contribution in [1.82, 2.24) is 15.6 Å². The van der Waals surface area contributed by atoms with Gasteiger partial charge in [-0.05, 0) is 19.9 Å². The Balaban J connectivity index is 1.67. The van der Waals surface area contributed by atoms with Crippen LogP contribution in [0.4, 0.5) is 8.78 Å². The van der Waals surface area contributed by atoms with E-state index in [9.17, 15) is 8.78 Å². The minimum Gasteiger partial charge on any atom is -0.439 e. The van der Waals surface area contributed by atoms with Crippen molar-refractivity contribution in [2.75, 3.05) is 6.54 Å². The molecule has 3 aromatic rings. The van der Waals surface area contributed by atoms with E-state index in [0.29, 0.717) is 36.3 Å². The molecule has 0 saturated heterocycles. The van der Waals surface area contributed by atoms with Gasteiger partial charge in [0.1, 0.15) is 5.75 Å². The molecule has 0 spiro atoms. The van der Waals surface area contributed by atoms with Crippen LogP contribution in [0.1, 0.15) is 23.9 Å². The van der Waals surface area contributed by atoms with Gasteiger partial charge in [-0.2, -0.15) is 8.78 Å². The van der Waals surface area contributed by atoms with E-state index in [0.717, 1.165) is 11.1 Å². The first kappa shape index (κ1) is 21.3. The molecule has 0 aliphatic rings. The van der Waals surface area contributed by atoms with Gasteiger partial charge in [0, 0.05) is 17.7 Å². The largest absolute Gasteiger partial charge is 0.439 e. The number of hydrogen-bond donors (Lipinski definition) is 2. The number of alkyl halides is 2. The van der Waals surface area contributed by atoms with Crippen molar-refractivity contribution in [2.24, 2.45) is 4.99 Å². The molecule has 0 atom stereocenters. The molecule has 0 fully saturated rings. The number of ether oxygens (including phenoxy) is 1. The monoisotopic (exact) mass is 414 g/mol. The summed E-state index contributed by atoms with van der Waals surface area (Å²) in [5.74, 6) is 1.83. The van der Waals surface area contributed by atoms with E-state index in [1.807, 2.05) is 44.2 Å². The third-order valence-corrected chi connectivity index (χ3v) is 4.20. The zero-order chi connectivity index (χ0) is 21.3. The Bertz CT molecular complexity index is 974. The molecule has 0 bridgehead atoms. The fourth-order valence-electron chi connectivity index (χ4n) is 2.84. The highest BCUT2D eigenvalue weighted by Crippen LogP contribution is 2.23. The molecular weight excluding hydrogens is 390 g/mol. The predicted molar refractivity (Wildman–Crippen MR) is 111 cm³/mol. The summed E-state index contributed by atoms with van der Waals surface area (Å²) in [5, 5.41) is 6.26. The molecule has 0 aliphatic heterocycles. The lowest BCUT2D eigenvalue weighted by Gasteiger charge is -2.12. The van der Waals surface area contributed by atoms with Crippen LogP contribution in [-0.4, -0.2) is 24.1 Å². The van der Waals surface area contributed by atoms with Gasteiger partial charge >= 0.3 is 6.61 Å². The zero-order valence-corrected chi connectivity index (χ0v) is 16.9. The van der Waals surface area contributed by atoms with Crippen LogP contribution < -0.4 is 15.4 Å². The van der Waals surface area contributed by atoms with Crippen LogP contribution in [0.5, 0.6) is 5.75 Å². The number of nitrogens with one attached hydrogen (secondary N) is 2. The number of hydrogen-bond acceptors (Lipinski definition) is 4. The third kappa shape index (κ3) is 6.04. The summed E-state index contributed by atoms with van der Waals surface area (Å²) in [6.07, 6.45) is 1.68. The van der Waals surface area contributed by atoms with Crippen LogP contribution in [-0.2, 0) is 13.1 Å². The fraction of sp³-hybridized carbons (Fsp3) is 0.273. The average molecular weight is 414 g/mol. The van der Waals surface area contributed by atoms with Gasteiger partial charge in [0.15, 0.2) is 11.7 Å². The van der Waals surface area contributed by atoms with Crippen molar-refractivity contribution >= 4 is 5.96 Å². The second-order valence-electron chi connectivity index (χ2n) is 6.52. The van der Waals surface area contributed by atoms with Crippen molar-refractivity contribution in [3.63, 3.8) is 0 Å². The maximum Gasteiger partial charge on any atom is 0.387 e. The van der Waals surface area contributed by atoms with E-state index in [4.69, 9.17) is 4.42 Å². The smallest absolute Gasteiger partial charge is 0.387 e. The van der Waals surface area contributed by atoms with Crippen molar-refractivity contribution < 1.29 is 17.9 Å². The van der Waals surface area contributed by atoms with E-state index >= 15 is 0 Å². The molecule has 0 aliphatic carbocycles. The van der Waals surface area contributed by atoms with Crippen molar-refractivity contribution in [3.8, 4) is 17.1 Å². The molecule has 30 heavy (non-hydrogen) atoms. The lowest BCUT2D eigenvalue weighted by molar-refractivity contribution is -0.0504. The van der Waals surface area contributed by atoms with Gasteiger partial charge in [0.05, 0.1) is 19.3 Å². The molecule has 3 rings (SSSR count). The van der Waals surface area contributed by atoms with Crippen LogP contribution in [0.3, 0.4) is 0 Å². The fourth-order valence-corrected chi connectivity index (χ4v) is 2.84. The maximum absolute atomic E-state index is 12.7. The highest BCUT2D eigenvalue weighted by atomic mass is 19.3. The number of rotatable bonds is 8. The number of aryl methyl sites for hydroxylation is 1. The van der Waals surface area contributed by atoms with E-state index in [2.05, 4.69) is 25.3 Å². The second-order valence-corrected chi connectivity index (χ2v) is 6.52. The molecule has 0 radical (unpaired) electrons. The minimum atomic E-state index is -2.88. The molecule has 6 nitrogen and oxygen atoms in total. The summed E-state index contributed by atoms with van der Waals surface area (Å²) in [4.78, 5) is 8.76. The second kappa shape index (κ2) is 10.4. The SMILES string of the molecule is CCNC(=NCc1cc(C)ccc1OC(F)F)NCc1ncc(-c2ccccc2)o1. The summed E-state index contributed by atoms with van der Waals surface area (Å²) in [5.41, 5.74) is 2.46. The highest BCUT2D eigenvalue weighted by Gasteiger charge is 2.11. The first-order valence-corrected chi connectivity index (χ1v) is 9.61. The number of benzene rings is 2. The Morgan fingerprint density at radius 1 is 1.17 bits per heavy atom. The van der Waals surface area contributed by atoms with Crippen molar-refractivity contribution in [3.05, 3.63) is 71.7 Å². The van der Waals surface area contributed by atoms with Gasteiger partial charge in [-0.3, -0.25) is 0 Å². The number of aromatic nitrogens is 1. The van der Waals surface area contributed by atoms with E-state index < -0.39 is 6.61 Å². The number of nitrogens with zero attached hydrogens (tertiary/aromatic N) is 2. The highest BCUT2D eigenvalue weighted by molar-refractivity contribution is 5.79. The molecule has 0 unspecified atom stereocenters. The number of oxazole rings is 1. The van der Waals surface area contributed by atoms with E-state index in [1.165, 1.54) is 6.07 Å². The lowest BCUT2D eigenvalue weighted by atomic mass is 10.1. The Morgan fingerprint density at radius 2 is 1.97 bits per heavy atom. The van der Waals surface area contributed by atoms with Crippen LogP contribution in [0, 0.1) is 6.92 Å². The summed E-state index contributed by atoms with van der Waals surface area (Å²) >= 11 is 0. The molecule has 0 amide bonds. The van der Waals surface area contributed by atoms with Gasteiger partial charge in [-0.1, -0.05) is 48.0 Å². The first-order chi connectivity index (χ1) is 14.5. The molecule has 158 valence electrons. The average Bonchev–Trinajstić information content (AvgIpc) is 3.21. The summed E-state index contributed by atoms with van der Waals surface area (Å²) in [6.45, 7) is 2.09. The van der Waals surface area contributed by atoms with Crippen molar-refractivity contribution in [1.29, 1.82) is 0 Å². The minimum absolute atomic E-state index is 0.121. The molecule has 8 heteroatoms. The topological polar surface area (TPSA) is 71.7 Å². The molecule has 1 aromatic heterocycles. The van der Waals surface area contributed by atoms with Gasteiger partial charge < -0.3 is 19.8 Å². The molecule has 1 heterocycles. The molecular formula is C22H24F2N4O2. The normalized spacial score (nSPS) is 11.6. The van der Waals surface area contributed by atoms with Crippen LogP contribution in [0.25, 0.3) is 11.3 Å². The van der Waals surface area contributed by atoms with Gasteiger partial charge in [0.2, 0.25) is 5.89 Å². The molecule has 2 aromatic carbocycles. The Hall–Kier alpha value is -3.42. The van der Waals surface area contributed by atoms with Crippen molar-refractivity contribution in [2.45, 2.75) is 33.5 Å². The van der Waals surface area contributed by atoms with Crippen LogP contribution >= 0.6 is 0 Å². The standard InChI is InChI=1S/C22H24F2N4O2/c1-3-25-22(27-12-17-11-15(2)9-10-18(17)30-21(23)24)28-14-20-26-13-19(29-20)16-7-5-4-6-8-16/h4-11,13,21H,3,12,14H2,1-2H3,(H2,25,27,28). The number of halogens is 2. The quantitative estimate of drug-likeness (QED) is 0.419. The predicted octanol–water partition coefficient (Wildman–Crippen LogP) is 4.51. The summed E-state index contributed by atoms with van der Waals surface area (Å²) < 4.78 is 35.7. The number of aliphatic imine (C=N–C) groups is 1. The molecule has 0 saturated carbocycles. The van der Waals surface area contributed by atoms with Crippen LogP contribution in [0.15, 0.2) is 64.1 Å². The maximum atomic E-state index is 12.7. The van der Waals surface area contributed by atoms with Crippen LogP contribution in [0.2, 0.25) is 0 Å². The molecule has 2 N–H and O–H groups in total. The Morgan fingerprint density at radius 3 is 2.70 bits per heavy atom. The first-order valence-electron chi connectivity index (χ1n) is 9.61. The van der Waals surface area contributed by atoms with Gasteiger partial charge in [-0.15, -0.1) is 0 Å². The van der Waals surface area contributed by atoms with Gasteiger partial charge in [-0.25, -0.2) is 9.98 Å². The lowest BCUT2D eigenvalue weighted by Crippen LogP contribution is -2.36. The Kier molecular flexibility index (Phi) is 7.37. The summed E-state index contributed by atoms with van der Waals surface area (Å²) in [7, 11) is 0. The summed E-state index contributed by atoms with van der Waals surface area (Å²) in [6, 6.07) is 14.7.